The Morgan fingerprint density at radius 2 is 1.84 bits per heavy atom. The molecule has 1 amide bonds. The first kappa shape index (κ1) is 21.5. The van der Waals surface area contributed by atoms with E-state index in [1.807, 2.05) is 62.4 Å². The van der Waals surface area contributed by atoms with Crippen LogP contribution in [0.2, 0.25) is 0 Å². The number of nitrogens with one attached hydrogen (secondary N) is 1. The molecule has 4 aromatic rings. The Bertz CT molecular complexity index is 1400. The predicted octanol–water partition coefficient (Wildman–Crippen LogP) is 4.33. The molecule has 2 aromatic carbocycles. The van der Waals surface area contributed by atoms with Crippen molar-refractivity contribution in [3.05, 3.63) is 81.0 Å². The number of rotatable bonds is 6. The van der Waals surface area contributed by atoms with Crippen LogP contribution >= 0.6 is 11.3 Å². The highest BCUT2D eigenvalue weighted by Crippen LogP contribution is 2.27. The maximum Gasteiger partial charge on any atom is 0.337 e. The predicted molar refractivity (Wildman–Crippen MR) is 125 cm³/mol. The van der Waals surface area contributed by atoms with Gasteiger partial charge in [0.1, 0.15) is 17.2 Å². The van der Waals surface area contributed by atoms with Gasteiger partial charge in [-0.25, -0.2) is 9.78 Å². The standard InChI is InChI=1S/C24H21N3O4S/c1-3-15-9-5-7-11-18(15)25-19(28)12-27-21(16-10-6-4-8-14(16)2)26-22-20(23(27)29)17(13-32-22)24(30)31/h4-11,13H,3,12H2,1-2H3,(H,25,28)(H,30,31). The van der Waals surface area contributed by atoms with Crippen LogP contribution in [0, 0.1) is 6.92 Å². The summed E-state index contributed by atoms with van der Waals surface area (Å²) < 4.78 is 1.26. The first-order valence-electron chi connectivity index (χ1n) is 10.1. The van der Waals surface area contributed by atoms with Crippen molar-refractivity contribution in [2.24, 2.45) is 0 Å². The number of hydrogen-bond donors (Lipinski definition) is 2. The Morgan fingerprint density at radius 1 is 1.12 bits per heavy atom. The first-order chi connectivity index (χ1) is 15.4. The van der Waals surface area contributed by atoms with Gasteiger partial charge in [0, 0.05) is 16.6 Å². The quantitative estimate of drug-likeness (QED) is 0.458. The fraction of sp³-hybridized carbons (Fsp3) is 0.167. The van der Waals surface area contributed by atoms with E-state index in [9.17, 15) is 19.5 Å². The van der Waals surface area contributed by atoms with Crippen molar-refractivity contribution < 1.29 is 14.7 Å². The fourth-order valence-corrected chi connectivity index (χ4v) is 4.54. The molecule has 32 heavy (non-hydrogen) atoms. The number of carbonyl (C=O) groups is 2. The van der Waals surface area contributed by atoms with E-state index >= 15 is 0 Å². The Kier molecular flexibility index (Phi) is 5.87. The number of hydrogen-bond acceptors (Lipinski definition) is 5. The lowest BCUT2D eigenvalue weighted by molar-refractivity contribution is -0.116. The normalized spacial score (nSPS) is 10.9. The van der Waals surface area contributed by atoms with Crippen molar-refractivity contribution in [1.29, 1.82) is 0 Å². The van der Waals surface area contributed by atoms with Gasteiger partial charge in [-0.15, -0.1) is 11.3 Å². The molecule has 2 aromatic heterocycles. The Balaban J connectivity index is 1.85. The maximum absolute atomic E-state index is 13.4. The summed E-state index contributed by atoms with van der Waals surface area (Å²) in [4.78, 5) is 42.9. The van der Waals surface area contributed by atoms with Crippen LogP contribution < -0.4 is 10.9 Å². The maximum atomic E-state index is 13.4. The fourth-order valence-electron chi connectivity index (χ4n) is 3.64. The van der Waals surface area contributed by atoms with Gasteiger partial charge >= 0.3 is 5.97 Å². The number of carboxylic acids is 1. The molecule has 0 radical (unpaired) electrons. The van der Waals surface area contributed by atoms with E-state index in [4.69, 9.17) is 0 Å². The average molecular weight is 448 g/mol. The molecule has 0 aliphatic rings. The zero-order chi connectivity index (χ0) is 22.8. The van der Waals surface area contributed by atoms with E-state index in [1.54, 1.807) is 0 Å². The van der Waals surface area contributed by atoms with Gasteiger partial charge in [-0.05, 0) is 30.5 Å². The summed E-state index contributed by atoms with van der Waals surface area (Å²) in [5, 5.41) is 13.8. The number of aromatic nitrogens is 2. The van der Waals surface area contributed by atoms with Gasteiger partial charge in [0.05, 0.1) is 10.9 Å². The van der Waals surface area contributed by atoms with E-state index in [1.165, 1.54) is 9.95 Å². The summed E-state index contributed by atoms with van der Waals surface area (Å²) in [6, 6.07) is 14.9. The third kappa shape index (κ3) is 3.92. The molecule has 0 saturated carbocycles. The summed E-state index contributed by atoms with van der Waals surface area (Å²) in [6.45, 7) is 3.59. The lowest BCUT2D eigenvalue weighted by Crippen LogP contribution is -2.30. The van der Waals surface area contributed by atoms with E-state index in [2.05, 4.69) is 10.3 Å². The first-order valence-corrected chi connectivity index (χ1v) is 11.0. The molecule has 0 spiro atoms. The summed E-state index contributed by atoms with van der Waals surface area (Å²) in [6.07, 6.45) is 0.745. The lowest BCUT2D eigenvalue weighted by atomic mass is 10.1. The highest BCUT2D eigenvalue weighted by molar-refractivity contribution is 7.17. The number of para-hydroxylation sites is 1. The summed E-state index contributed by atoms with van der Waals surface area (Å²) in [5.74, 6) is -1.26. The van der Waals surface area contributed by atoms with Crippen molar-refractivity contribution in [2.45, 2.75) is 26.8 Å². The van der Waals surface area contributed by atoms with E-state index in [-0.39, 0.29) is 17.5 Å². The largest absolute Gasteiger partial charge is 0.478 e. The zero-order valence-electron chi connectivity index (χ0n) is 17.6. The minimum Gasteiger partial charge on any atom is -0.478 e. The smallest absolute Gasteiger partial charge is 0.337 e. The van der Waals surface area contributed by atoms with E-state index < -0.39 is 17.4 Å². The highest BCUT2D eigenvalue weighted by atomic mass is 32.1. The second-order valence-corrected chi connectivity index (χ2v) is 8.19. The number of aromatic carboxylic acids is 1. The number of aryl methyl sites for hydroxylation is 2. The van der Waals surface area contributed by atoms with Gasteiger partial charge in [0.15, 0.2) is 0 Å². The van der Waals surface area contributed by atoms with Crippen LogP contribution in [0.25, 0.3) is 21.6 Å². The molecule has 4 rings (SSSR count). The summed E-state index contributed by atoms with van der Waals surface area (Å²) in [7, 11) is 0. The average Bonchev–Trinajstić information content (AvgIpc) is 3.21. The molecule has 0 unspecified atom stereocenters. The summed E-state index contributed by atoms with van der Waals surface area (Å²) >= 11 is 1.10. The molecule has 0 aliphatic heterocycles. The second-order valence-electron chi connectivity index (χ2n) is 7.34. The molecule has 162 valence electrons. The van der Waals surface area contributed by atoms with E-state index in [0.717, 1.165) is 28.9 Å². The van der Waals surface area contributed by atoms with Crippen molar-refractivity contribution >= 4 is 39.1 Å². The van der Waals surface area contributed by atoms with Crippen molar-refractivity contribution in [3.8, 4) is 11.4 Å². The van der Waals surface area contributed by atoms with Crippen LogP contribution in [0.3, 0.4) is 0 Å². The van der Waals surface area contributed by atoms with Crippen LogP contribution in [-0.4, -0.2) is 26.5 Å². The molecule has 2 heterocycles. The van der Waals surface area contributed by atoms with Gasteiger partial charge in [-0.3, -0.25) is 14.2 Å². The zero-order valence-corrected chi connectivity index (χ0v) is 18.4. The Labute approximate surface area is 188 Å². The SMILES string of the molecule is CCc1ccccc1NC(=O)Cn1c(-c2ccccc2C)nc2scc(C(=O)O)c2c1=O. The number of carbonyl (C=O) groups excluding carboxylic acids is 1. The molecule has 8 heteroatoms. The van der Waals surface area contributed by atoms with Crippen LogP contribution in [0.5, 0.6) is 0 Å². The van der Waals surface area contributed by atoms with Crippen LogP contribution in [0.1, 0.15) is 28.4 Å². The lowest BCUT2D eigenvalue weighted by Gasteiger charge is -2.15. The van der Waals surface area contributed by atoms with Crippen molar-refractivity contribution in [2.75, 3.05) is 5.32 Å². The van der Waals surface area contributed by atoms with Gasteiger partial charge in [0.25, 0.3) is 5.56 Å². The number of anilines is 1. The van der Waals surface area contributed by atoms with Crippen molar-refractivity contribution in [3.63, 3.8) is 0 Å². The number of nitrogens with zero attached hydrogens (tertiary/aromatic N) is 2. The number of thiophene rings is 1. The number of fused-ring (bicyclic) bond motifs is 1. The molecular weight excluding hydrogens is 426 g/mol. The van der Waals surface area contributed by atoms with Crippen LogP contribution in [-0.2, 0) is 17.8 Å². The second kappa shape index (κ2) is 8.76. The third-order valence-electron chi connectivity index (χ3n) is 5.28. The molecular formula is C24H21N3O4S. The molecule has 0 saturated heterocycles. The Hall–Kier alpha value is -3.78. The number of benzene rings is 2. The van der Waals surface area contributed by atoms with E-state index in [0.29, 0.717) is 21.9 Å². The Morgan fingerprint density at radius 3 is 2.56 bits per heavy atom. The monoisotopic (exact) mass is 447 g/mol. The summed E-state index contributed by atoms with van der Waals surface area (Å²) in [5.41, 5.74) is 2.60. The highest BCUT2D eigenvalue weighted by Gasteiger charge is 2.22. The number of amides is 1. The molecule has 0 aliphatic carbocycles. The molecule has 0 bridgehead atoms. The van der Waals surface area contributed by atoms with Gasteiger partial charge < -0.3 is 10.4 Å². The molecule has 7 nitrogen and oxygen atoms in total. The minimum absolute atomic E-state index is 0.0154. The number of carboxylic acid groups (broad SMARTS) is 1. The van der Waals surface area contributed by atoms with Crippen LogP contribution in [0.4, 0.5) is 5.69 Å². The van der Waals surface area contributed by atoms with Crippen LogP contribution in [0.15, 0.2) is 58.7 Å². The molecule has 0 fully saturated rings. The van der Waals surface area contributed by atoms with Crippen molar-refractivity contribution in [1.82, 2.24) is 9.55 Å². The third-order valence-corrected chi connectivity index (χ3v) is 6.16. The van der Waals surface area contributed by atoms with Gasteiger partial charge in [-0.2, -0.15) is 0 Å². The van der Waals surface area contributed by atoms with Gasteiger partial charge in [0.2, 0.25) is 5.91 Å². The van der Waals surface area contributed by atoms with Gasteiger partial charge in [-0.1, -0.05) is 49.4 Å². The minimum atomic E-state index is -1.20. The topological polar surface area (TPSA) is 101 Å². The molecule has 2 N–H and O–H groups in total. The molecule has 0 atom stereocenters.